The molecule has 34 heavy (non-hydrogen) atoms. The summed E-state index contributed by atoms with van der Waals surface area (Å²) in [5.74, 6) is 0. The van der Waals surface area contributed by atoms with Gasteiger partial charge in [-0.15, -0.1) is 0 Å². The number of para-hydroxylation sites is 1. The zero-order valence-electron chi connectivity index (χ0n) is 18.4. The summed E-state index contributed by atoms with van der Waals surface area (Å²) < 4.78 is 29.7. The molecule has 0 saturated carbocycles. The molecular weight excluding hydrogens is 438 g/mol. The first-order chi connectivity index (χ1) is 16.4. The summed E-state index contributed by atoms with van der Waals surface area (Å²) in [4.78, 5) is 12.8. The smallest absolute Gasteiger partial charge is 0.287 e. The van der Waals surface area contributed by atoms with Crippen LogP contribution in [0.4, 0.5) is 8.78 Å². The summed E-state index contributed by atoms with van der Waals surface area (Å²) in [6.45, 7) is 1.07. The number of hydrogen-bond donors (Lipinski definition) is 0. The van der Waals surface area contributed by atoms with Gasteiger partial charge in [0.1, 0.15) is 0 Å². The second-order valence-corrected chi connectivity index (χ2v) is 7.88. The first-order valence-corrected chi connectivity index (χ1v) is 10.6. The van der Waals surface area contributed by atoms with Gasteiger partial charge in [-0.05, 0) is 55.3 Å². The average Bonchev–Trinajstić information content (AvgIpc) is 3.48. The molecule has 0 spiro atoms. The fourth-order valence-corrected chi connectivity index (χ4v) is 3.84. The van der Waals surface area contributed by atoms with Crippen LogP contribution in [0.1, 0.15) is 17.8 Å². The predicted octanol–water partition coefficient (Wildman–Crippen LogP) is 4.96. The van der Waals surface area contributed by atoms with Gasteiger partial charge in [0, 0.05) is 24.0 Å². The maximum absolute atomic E-state index is 12.9. The number of hydrogen-bond acceptors (Lipinski definition) is 4. The predicted molar refractivity (Wildman–Crippen MR) is 124 cm³/mol. The fourth-order valence-electron chi connectivity index (χ4n) is 3.84. The van der Waals surface area contributed by atoms with E-state index in [4.69, 9.17) is 0 Å². The minimum Gasteiger partial charge on any atom is -0.287 e. The second-order valence-electron chi connectivity index (χ2n) is 7.88. The summed E-state index contributed by atoms with van der Waals surface area (Å²) in [5, 5.41) is 12.9. The topological polar surface area (TPSA) is 70.5 Å². The number of halogens is 2. The van der Waals surface area contributed by atoms with E-state index in [1.54, 1.807) is 15.6 Å². The van der Waals surface area contributed by atoms with E-state index < -0.39 is 6.55 Å². The molecule has 3 aromatic heterocycles. The lowest BCUT2D eigenvalue weighted by atomic mass is 10.1. The molecule has 0 aliphatic heterocycles. The number of nitrogens with zero attached hydrogens (tertiary/aromatic N) is 6. The SMILES string of the molecule is Cc1cc(-c2nn(-c3ccc(-c4cnn(C(F)F)c4)cc3C)ccc2=O)n(-c2ccccc2)n1. The molecular formula is C25H20F2N6O. The zero-order chi connectivity index (χ0) is 23.8. The van der Waals surface area contributed by atoms with E-state index in [0.29, 0.717) is 15.9 Å². The Morgan fingerprint density at radius 3 is 2.41 bits per heavy atom. The Bertz CT molecular complexity index is 1530. The van der Waals surface area contributed by atoms with E-state index in [2.05, 4.69) is 15.3 Å². The van der Waals surface area contributed by atoms with Gasteiger partial charge < -0.3 is 0 Å². The van der Waals surface area contributed by atoms with Crippen LogP contribution in [-0.4, -0.2) is 29.3 Å². The van der Waals surface area contributed by atoms with Crippen molar-refractivity contribution in [3.8, 4) is 33.9 Å². The average molecular weight is 458 g/mol. The molecule has 0 radical (unpaired) electrons. The Labute approximate surface area is 193 Å². The Morgan fingerprint density at radius 2 is 1.71 bits per heavy atom. The van der Waals surface area contributed by atoms with Crippen LogP contribution in [0.3, 0.4) is 0 Å². The van der Waals surface area contributed by atoms with Crippen LogP contribution in [0, 0.1) is 13.8 Å². The van der Waals surface area contributed by atoms with Gasteiger partial charge in [-0.2, -0.15) is 24.1 Å². The van der Waals surface area contributed by atoms with Crippen molar-refractivity contribution in [2.24, 2.45) is 0 Å². The van der Waals surface area contributed by atoms with E-state index >= 15 is 0 Å². The lowest BCUT2D eigenvalue weighted by Gasteiger charge is -2.12. The van der Waals surface area contributed by atoms with Crippen molar-refractivity contribution in [2.75, 3.05) is 0 Å². The summed E-state index contributed by atoms with van der Waals surface area (Å²) >= 11 is 0. The molecule has 0 aliphatic rings. The first-order valence-electron chi connectivity index (χ1n) is 10.6. The molecule has 0 fully saturated rings. The van der Waals surface area contributed by atoms with Gasteiger partial charge in [-0.25, -0.2) is 14.0 Å². The van der Waals surface area contributed by atoms with Crippen LogP contribution < -0.4 is 5.43 Å². The van der Waals surface area contributed by atoms with Crippen molar-refractivity contribution in [3.63, 3.8) is 0 Å². The lowest BCUT2D eigenvalue weighted by Crippen LogP contribution is -2.15. The number of aryl methyl sites for hydroxylation is 2. The van der Waals surface area contributed by atoms with Crippen LogP contribution in [0.15, 0.2) is 84.0 Å². The highest BCUT2D eigenvalue weighted by molar-refractivity contribution is 5.65. The van der Waals surface area contributed by atoms with E-state index in [-0.39, 0.29) is 11.1 Å². The molecule has 0 aliphatic carbocycles. The van der Waals surface area contributed by atoms with Crippen molar-refractivity contribution in [1.82, 2.24) is 29.3 Å². The third-order valence-electron chi connectivity index (χ3n) is 5.46. The van der Waals surface area contributed by atoms with Gasteiger partial charge >= 0.3 is 6.55 Å². The monoisotopic (exact) mass is 458 g/mol. The van der Waals surface area contributed by atoms with E-state index in [9.17, 15) is 13.6 Å². The van der Waals surface area contributed by atoms with Crippen LogP contribution in [0.25, 0.3) is 33.9 Å². The van der Waals surface area contributed by atoms with Crippen molar-refractivity contribution in [3.05, 3.63) is 101 Å². The van der Waals surface area contributed by atoms with Crippen molar-refractivity contribution in [1.29, 1.82) is 0 Å². The van der Waals surface area contributed by atoms with Crippen LogP contribution in [0.2, 0.25) is 0 Å². The summed E-state index contributed by atoms with van der Waals surface area (Å²) in [6, 6.07) is 18.4. The molecule has 2 aromatic carbocycles. The number of alkyl halides is 2. The lowest BCUT2D eigenvalue weighted by molar-refractivity contribution is 0.0566. The Balaban J connectivity index is 1.56. The molecule has 5 rings (SSSR count). The summed E-state index contributed by atoms with van der Waals surface area (Å²) in [7, 11) is 0. The molecule has 3 heterocycles. The fraction of sp³-hybridized carbons (Fsp3) is 0.120. The minimum absolute atomic E-state index is 0.220. The van der Waals surface area contributed by atoms with E-state index in [1.165, 1.54) is 18.5 Å². The highest BCUT2D eigenvalue weighted by atomic mass is 19.3. The molecule has 0 amide bonds. The largest absolute Gasteiger partial charge is 0.333 e. The molecule has 0 unspecified atom stereocenters. The Kier molecular flexibility index (Phi) is 5.37. The van der Waals surface area contributed by atoms with Crippen LogP contribution >= 0.6 is 0 Å². The highest BCUT2D eigenvalue weighted by Gasteiger charge is 2.16. The molecule has 7 nitrogen and oxygen atoms in total. The van der Waals surface area contributed by atoms with Gasteiger partial charge in [0.05, 0.1) is 29.0 Å². The molecule has 5 aromatic rings. The van der Waals surface area contributed by atoms with E-state index in [1.807, 2.05) is 68.4 Å². The normalized spacial score (nSPS) is 11.3. The molecule has 170 valence electrons. The van der Waals surface area contributed by atoms with Gasteiger partial charge in [-0.3, -0.25) is 4.79 Å². The van der Waals surface area contributed by atoms with Crippen molar-refractivity contribution in [2.45, 2.75) is 20.4 Å². The van der Waals surface area contributed by atoms with Crippen molar-refractivity contribution < 1.29 is 8.78 Å². The first kappa shape index (κ1) is 21.4. The third-order valence-corrected chi connectivity index (χ3v) is 5.46. The Morgan fingerprint density at radius 1 is 0.912 bits per heavy atom. The standard InChI is InChI=1S/C25H20F2N6O/c1-16-12-18(19-14-28-32(15-19)25(26)27)8-9-21(16)31-11-10-23(34)24(30-31)22-13-17(2)29-33(22)20-6-4-3-5-7-20/h3-15,25H,1-2H3. The maximum atomic E-state index is 12.9. The number of benzene rings is 2. The van der Waals surface area contributed by atoms with Crippen LogP contribution in [0.5, 0.6) is 0 Å². The van der Waals surface area contributed by atoms with Gasteiger partial charge in [0.25, 0.3) is 0 Å². The molecule has 0 atom stereocenters. The quantitative estimate of drug-likeness (QED) is 0.373. The highest BCUT2D eigenvalue weighted by Crippen LogP contribution is 2.26. The van der Waals surface area contributed by atoms with Crippen LogP contribution in [-0.2, 0) is 0 Å². The molecule has 0 bridgehead atoms. The third kappa shape index (κ3) is 3.92. The van der Waals surface area contributed by atoms with E-state index in [0.717, 1.165) is 28.2 Å². The summed E-state index contributed by atoms with van der Waals surface area (Å²) in [5.41, 5.74) is 5.20. The Hall–Kier alpha value is -4.40. The number of rotatable bonds is 5. The van der Waals surface area contributed by atoms with Gasteiger partial charge in [0.2, 0.25) is 5.43 Å². The number of aromatic nitrogens is 6. The van der Waals surface area contributed by atoms with Gasteiger partial charge in [-0.1, -0.05) is 24.3 Å². The second kappa shape index (κ2) is 8.51. The molecule has 0 saturated heterocycles. The summed E-state index contributed by atoms with van der Waals surface area (Å²) in [6.07, 6.45) is 4.32. The molecule has 9 heteroatoms. The molecule has 0 N–H and O–H groups in total. The van der Waals surface area contributed by atoms with Crippen molar-refractivity contribution >= 4 is 0 Å². The zero-order valence-corrected chi connectivity index (χ0v) is 18.4. The van der Waals surface area contributed by atoms with Gasteiger partial charge in [0.15, 0.2) is 5.69 Å². The minimum atomic E-state index is -2.69. The maximum Gasteiger partial charge on any atom is 0.333 e.